The lowest BCUT2D eigenvalue weighted by Gasteiger charge is -2.32. The van der Waals surface area contributed by atoms with Gasteiger partial charge in [-0.25, -0.2) is 8.78 Å². The Bertz CT molecular complexity index is 775. The van der Waals surface area contributed by atoms with Gasteiger partial charge < -0.3 is 10.2 Å². The molecule has 2 heterocycles. The third kappa shape index (κ3) is 3.99. The Morgan fingerprint density at radius 1 is 1.16 bits per heavy atom. The summed E-state index contributed by atoms with van der Waals surface area (Å²) in [5, 5.41) is 2.91. The summed E-state index contributed by atoms with van der Waals surface area (Å²) >= 11 is 0. The maximum absolute atomic E-state index is 13.7. The van der Waals surface area contributed by atoms with Crippen molar-refractivity contribution < 1.29 is 18.4 Å². The molecule has 0 bridgehead atoms. The lowest BCUT2D eigenvalue weighted by Crippen LogP contribution is -2.46. The van der Waals surface area contributed by atoms with Gasteiger partial charge in [0.1, 0.15) is 11.6 Å². The van der Waals surface area contributed by atoms with Crippen LogP contribution in [0.5, 0.6) is 0 Å². The number of piperidine rings is 1. The highest BCUT2D eigenvalue weighted by Crippen LogP contribution is 2.17. The fraction of sp³-hybridized carbons (Fsp3) is 0.278. The van der Waals surface area contributed by atoms with Gasteiger partial charge in [-0.2, -0.15) is 0 Å². The molecule has 2 amide bonds. The molecule has 5 nitrogen and oxygen atoms in total. The van der Waals surface area contributed by atoms with Crippen molar-refractivity contribution in [3.8, 4) is 0 Å². The molecule has 0 radical (unpaired) electrons. The van der Waals surface area contributed by atoms with Gasteiger partial charge in [0.25, 0.3) is 11.8 Å². The van der Waals surface area contributed by atoms with E-state index in [2.05, 4.69) is 10.3 Å². The lowest BCUT2D eigenvalue weighted by molar-refractivity contribution is 0.0693. The summed E-state index contributed by atoms with van der Waals surface area (Å²) in [5.41, 5.74) is 0.341. The highest BCUT2D eigenvalue weighted by Gasteiger charge is 2.26. The third-order valence-electron chi connectivity index (χ3n) is 4.20. The number of hydrogen-bond donors (Lipinski definition) is 1. The number of likely N-dealkylation sites (tertiary alicyclic amines) is 1. The fourth-order valence-electron chi connectivity index (χ4n) is 2.83. The van der Waals surface area contributed by atoms with Gasteiger partial charge in [0.05, 0.1) is 11.1 Å². The number of aromatic nitrogens is 1. The molecule has 0 aliphatic carbocycles. The van der Waals surface area contributed by atoms with E-state index in [9.17, 15) is 18.4 Å². The standard InChI is InChI=1S/C18H17F2N3O2/c19-13-3-4-15(16(20)10-13)18(25)23-8-5-14(6-9-23)22-17(24)12-2-1-7-21-11-12/h1-4,7,10-11,14H,5-6,8-9H2,(H,22,24). The molecule has 3 rings (SSSR count). The molecule has 0 spiro atoms. The highest BCUT2D eigenvalue weighted by atomic mass is 19.1. The molecule has 7 heteroatoms. The quantitative estimate of drug-likeness (QED) is 0.929. The number of carbonyl (C=O) groups is 2. The SMILES string of the molecule is O=C(NC1CCN(C(=O)c2ccc(F)cc2F)CC1)c1cccnc1. The van der Waals surface area contributed by atoms with E-state index in [4.69, 9.17) is 0 Å². The van der Waals surface area contributed by atoms with Crippen molar-refractivity contribution in [2.24, 2.45) is 0 Å². The van der Waals surface area contributed by atoms with Crippen LogP contribution in [0, 0.1) is 11.6 Å². The van der Waals surface area contributed by atoms with Crippen LogP contribution in [-0.2, 0) is 0 Å². The topological polar surface area (TPSA) is 62.3 Å². The number of pyridine rings is 1. The smallest absolute Gasteiger partial charge is 0.256 e. The number of benzene rings is 1. The van der Waals surface area contributed by atoms with Crippen molar-refractivity contribution in [3.05, 3.63) is 65.5 Å². The molecule has 0 atom stereocenters. The molecule has 1 N–H and O–H groups in total. The van der Waals surface area contributed by atoms with Crippen LogP contribution in [0.2, 0.25) is 0 Å². The van der Waals surface area contributed by atoms with Gasteiger partial charge in [0.15, 0.2) is 0 Å². The molecule has 25 heavy (non-hydrogen) atoms. The first-order valence-electron chi connectivity index (χ1n) is 8.00. The molecule has 1 fully saturated rings. The molecule has 2 aromatic rings. The van der Waals surface area contributed by atoms with Crippen molar-refractivity contribution in [1.82, 2.24) is 15.2 Å². The maximum Gasteiger partial charge on any atom is 0.256 e. The third-order valence-corrected chi connectivity index (χ3v) is 4.20. The Labute approximate surface area is 143 Å². The minimum absolute atomic E-state index is 0.0604. The van der Waals surface area contributed by atoms with Crippen molar-refractivity contribution in [2.75, 3.05) is 13.1 Å². The Hall–Kier alpha value is -2.83. The monoisotopic (exact) mass is 345 g/mol. The lowest BCUT2D eigenvalue weighted by atomic mass is 10.0. The second-order valence-corrected chi connectivity index (χ2v) is 5.91. The van der Waals surface area contributed by atoms with Gasteiger partial charge in [-0.15, -0.1) is 0 Å². The first kappa shape index (κ1) is 17.0. The van der Waals surface area contributed by atoms with Crippen LogP contribution in [0.3, 0.4) is 0 Å². The van der Waals surface area contributed by atoms with E-state index >= 15 is 0 Å². The van der Waals surface area contributed by atoms with E-state index in [1.807, 2.05) is 0 Å². The fourth-order valence-corrected chi connectivity index (χ4v) is 2.83. The van der Waals surface area contributed by atoms with E-state index in [0.29, 0.717) is 37.6 Å². The van der Waals surface area contributed by atoms with Crippen LogP contribution in [0.1, 0.15) is 33.6 Å². The molecular weight excluding hydrogens is 328 g/mol. The molecule has 1 aromatic carbocycles. The van der Waals surface area contributed by atoms with E-state index in [-0.39, 0.29) is 17.5 Å². The number of hydrogen-bond acceptors (Lipinski definition) is 3. The Kier molecular flexibility index (Phi) is 5.02. The first-order valence-corrected chi connectivity index (χ1v) is 8.00. The van der Waals surface area contributed by atoms with Crippen LogP contribution < -0.4 is 5.32 Å². The molecule has 1 aliphatic rings. The van der Waals surface area contributed by atoms with Gasteiger partial charge in [-0.05, 0) is 37.1 Å². The largest absolute Gasteiger partial charge is 0.349 e. The zero-order valence-electron chi connectivity index (χ0n) is 13.4. The summed E-state index contributed by atoms with van der Waals surface area (Å²) in [4.78, 5) is 29.9. The summed E-state index contributed by atoms with van der Waals surface area (Å²) in [6.45, 7) is 0.793. The van der Waals surface area contributed by atoms with Crippen molar-refractivity contribution in [2.45, 2.75) is 18.9 Å². The number of nitrogens with zero attached hydrogens (tertiary/aromatic N) is 2. The molecule has 0 unspecified atom stereocenters. The van der Waals surface area contributed by atoms with Crippen molar-refractivity contribution in [3.63, 3.8) is 0 Å². The van der Waals surface area contributed by atoms with E-state index in [1.165, 1.54) is 11.1 Å². The van der Waals surface area contributed by atoms with Gasteiger partial charge in [-0.3, -0.25) is 14.6 Å². The molecule has 0 saturated carbocycles. The van der Waals surface area contributed by atoms with Crippen molar-refractivity contribution >= 4 is 11.8 Å². The summed E-state index contributed by atoms with van der Waals surface area (Å²) in [7, 11) is 0. The number of halogens is 2. The Morgan fingerprint density at radius 2 is 1.92 bits per heavy atom. The summed E-state index contributed by atoms with van der Waals surface area (Å²) in [6.07, 6.45) is 4.22. The van der Waals surface area contributed by atoms with Crippen LogP contribution >= 0.6 is 0 Å². The van der Waals surface area contributed by atoms with Gasteiger partial charge >= 0.3 is 0 Å². The molecule has 130 valence electrons. The van der Waals surface area contributed by atoms with Crippen LogP contribution in [0.25, 0.3) is 0 Å². The Morgan fingerprint density at radius 3 is 2.56 bits per heavy atom. The molecule has 1 aromatic heterocycles. The second kappa shape index (κ2) is 7.38. The summed E-state index contributed by atoms with van der Waals surface area (Å²) in [5.74, 6) is -2.25. The minimum Gasteiger partial charge on any atom is -0.349 e. The average molecular weight is 345 g/mol. The van der Waals surface area contributed by atoms with Gasteiger partial charge in [0.2, 0.25) is 0 Å². The number of rotatable bonds is 3. The summed E-state index contributed by atoms with van der Waals surface area (Å²) in [6, 6.07) is 6.23. The second-order valence-electron chi connectivity index (χ2n) is 5.91. The minimum atomic E-state index is -0.864. The molecular formula is C18H17F2N3O2. The predicted molar refractivity (Wildman–Crippen MR) is 87.0 cm³/mol. The normalized spacial score (nSPS) is 15.0. The van der Waals surface area contributed by atoms with E-state index in [0.717, 1.165) is 12.1 Å². The summed E-state index contributed by atoms with van der Waals surface area (Å²) < 4.78 is 26.7. The van der Waals surface area contributed by atoms with E-state index < -0.39 is 17.5 Å². The van der Waals surface area contributed by atoms with Gasteiger partial charge in [0, 0.05) is 37.6 Å². The Balaban J connectivity index is 1.56. The van der Waals surface area contributed by atoms with Gasteiger partial charge in [-0.1, -0.05) is 0 Å². The first-order chi connectivity index (χ1) is 12.0. The van der Waals surface area contributed by atoms with Crippen LogP contribution in [-0.4, -0.2) is 40.8 Å². The predicted octanol–water partition coefficient (Wildman–Crippen LogP) is 2.39. The zero-order valence-corrected chi connectivity index (χ0v) is 13.4. The average Bonchev–Trinajstić information content (AvgIpc) is 2.62. The van der Waals surface area contributed by atoms with E-state index in [1.54, 1.807) is 18.3 Å². The molecule has 1 saturated heterocycles. The maximum atomic E-state index is 13.7. The van der Waals surface area contributed by atoms with Crippen LogP contribution in [0.15, 0.2) is 42.7 Å². The number of nitrogens with one attached hydrogen (secondary N) is 1. The van der Waals surface area contributed by atoms with Crippen molar-refractivity contribution in [1.29, 1.82) is 0 Å². The number of amides is 2. The number of carbonyl (C=O) groups excluding carboxylic acids is 2. The zero-order chi connectivity index (χ0) is 17.8. The van der Waals surface area contributed by atoms with Crippen LogP contribution in [0.4, 0.5) is 8.78 Å². The molecule has 1 aliphatic heterocycles. The highest BCUT2D eigenvalue weighted by molar-refractivity contribution is 5.95.